The molecule has 1 amide bonds. The minimum absolute atomic E-state index is 0.211. The Balaban J connectivity index is 1.48. The van der Waals surface area contributed by atoms with E-state index in [2.05, 4.69) is 25.4 Å². The molecule has 0 spiro atoms. The highest BCUT2D eigenvalue weighted by Gasteiger charge is 2.10. The van der Waals surface area contributed by atoms with E-state index in [0.29, 0.717) is 10.7 Å². The minimum atomic E-state index is -0.211. The summed E-state index contributed by atoms with van der Waals surface area (Å²) in [5.74, 6) is -0.211. The molecule has 4 rings (SSSR count). The Kier molecular flexibility index (Phi) is 4.01. The molecule has 0 saturated carbocycles. The molecule has 122 valence electrons. The molecule has 0 saturated heterocycles. The topological polar surface area (TPSA) is 85.6 Å². The third-order valence-corrected chi connectivity index (χ3v) is 4.25. The van der Waals surface area contributed by atoms with Gasteiger partial charge in [-0.1, -0.05) is 0 Å². The predicted molar refractivity (Wildman–Crippen MR) is 94.7 cm³/mol. The standard InChI is InChI=1S/C17H12N6OS/c24-16(12-3-5-14(6-4-12)23-11-19-10-20-23)22-17-21-15(9-25-17)13-2-1-7-18-8-13/h1-11H,(H,21,22,24). The fraction of sp³-hybridized carbons (Fsp3) is 0. The van der Waals surface area contributed by atoms with Crippen LogP contribution in [0, 0.1) is 0 Å². The normalized spacial score (nSPS) is 10.6. The van der Waals surface area contributed by atoms with Crippen LogP contribution in [0.15, 0.2) is 66.8 Å². The largest absolute Gasteiger partial charge is 0.298 e. The Morgan fingerprint density at radius 1 is 1.12 bits per heavy atom. The first-order valence-electron chi connectivity index (χ1n) is 7.42. The van der Waals surface area contributed by atoms with Crippen LogP contribution in [0.1, 0.15) is 10.4 Å². The summed E-state index contributed by atoms with van der Waals surface area (Å²) in [7, 11) is 0. The zero-order valence-electron chi connectivity index (χ0n) is 12.9. The van der Waals surface area contributed by atoms with Crippen LogP contribution < -0.4 is 5.32 Å². The number of nitrogens with zero attached hydrogens (tertiary/aromatic N) is 5. The van der Waals surface area contributed by atoms with Gasteiger partial charge >= 0.3 is 0 Å². The van der Waals surface area contributed by atoms with E-state index in [4.69, 9.17) is 0 Å². The van der Waals surface area contributed by atoms with E-state index >= 15 is 0 Å². The SMILES string of the molecule is O=C(Nc1nc(-c2cccnc2)cs1)c1ccc(-n2cncn2)cc1. The molecule has 0 unspecified atom stereocenters. The van der Waals surface area contributed by atoms with E-state index in [1.54, 1.807) is 35.5 Å². The van der Waals surface area contributed by atoms with Gasteiger partial charge in [-0.25, -0.2) is 14.6 Å². The molecule has 3 heterocycles. The third kappa shape index (κ3) is 3.29. The minimum Gasteiger partial charge on any atom is -0.298 e. The lowest BCUT2D eigenvalue weighted by atomic mass is 10.2. The zero-order chi connectivity index (χ0) is 17.1. The lowest BCUT2D eigenvalue weighted by Crippen LogP contribution is -2.11. The van der Waals surface area contributed by atoms with Crippen molar-refractivity contribution in [3.63, 3.8) is 0 Å². The number of hydrogen-bond donors (Lipinski definition) is 1. The number of rotatable bonds is 4. The Hall–Kier alpha value is -3.39. The average molecular weight is 348 g/mol. The number of pyridine rings is 1. The second-order valence-electron chi connectivity index (χ2n) is 5.12. The smallest absolute Gasteiger partial charge is 0.257 e. The van der Waals surface area contributed by atoms with Crippen LogP contribution >= 0.6 is 11.3 Å². The first-order valence-corrected chi connectivity index (χ1v) is 8.30. The van der Waals surface area contributed by atoms with Crippen LogP contribution in [0.2, 0.25) is 0 Å². The average Bonchev–Trinajstić information content (AvgIpc) is 3.35. The van der Waals surface area contributed by atoms with Crippen LogP contribution in [0.3, 0.4) is 0 Å². The highest BCUT2D eigenvalue weighted by molar-refractivity contribution is 7.14. The fourth-order valence-corrected chi connectivity index (χ4v) is 2.97. The van der Waals surface area contributed by atoms with Crippen LogP contribution in [-0.4, -0.2) is 30.6 Å². The van der Waals surface area contributed by atoms with Crippen molar-refractivity contribution in [2.45, 2.75) is 0 Å². The first-order chi connectivity index (χ1) is 12.3. The van der Waals surface area contributed by atoms with Gasteiger partial charge < -0.3 is 0 Å². The number of nitrogens with one attached hydrogen (secondary N) is 1. The molecular weight excluding hydrogens is 336 g/mol. The van der Waals surface area contributed by atoms with E-state index < -0.39 is 0 Å². The molecule has 7 nitrogen and oxygen atoms in total. The van der Waals surface area contributed by atoms with Gasteiger partial charge in [0, 0.05) is 28.9 Å². The Bertz CT molecular complexity index is 980. The monoisotopic (exact) mass is 348 g/mol. The van der Waals surface area contributed by atoms with Crippen molar-refractivity contribution in [3.05, 3.63) is 72.4 Å². The first kappa shape index (κ1) is 15.2. The number of amides is 1. The van der Waals surface area contributed by atoms with Crippen molar-refractivity contribution in [1.82, 2.24) is 24.7 Å². The zero-order valence-corrected chi connectivity index (χ0v) is 13.7. The molecule has 8 heteroatoms. The summed E-state index contributed by atoms with van der Waals surface area (Å²) in [4.78, 5) is 24.8. The van der Waals surface area contributed by atoms with Crippen LogP contribution in [0.5, 0.6) is 0 Å². The lowest BCUT2D eigenvalue weighted by Gasteiger charge is -2.04. The summed E-state index contributed by atoms with van der Waals surface area (Å²) < 4.78 is 1.63. The van der Waals surface area contributed by atoms with Crippen molar-refractivity contribution >= 4 is 22.4 Å². The van der Waals surface area contributed by atoms with Gasteiger partial charge in [-0.2, -0.15) is 5.10 Å². The summed E-state index contributed by atoms with van der Waals surface area (Å²) in [6.07, 6.45) is 6.51. The predicted octanol–water partition coefficient (Wildman–Crippen LogP) is 3.04. The number of thiazole rings is 1. The summed E-state index contributed by atoms with van der Waals surface area (Å²) >= 11 is 1.38. The molecule has 0 fully saturated rings. The van der Waals surface area contributed by atoms with Crippen LogP contribution in [-0.2, 0) is 0 Å². The van der Waals surface area contributed by atoms with Crippen molar-refractivity contribution in [2.24, 2.45) is 0 Å². The van der Waals surface area contributed by atoms with Gasteiger partial charge in [-0.3, -0.25) is 15.1 Å². The van der Waals surface area contributed by atoms with Crippen LogP contribution in [0.25, 0.3) is 16.9 Å². The molecule has 0 aliphatic heterocycles. The molecule has 25 heavy (non-hydrogen) atoms. The maximum atomic E-state index is 12.4. The van der Waals surface area contributed by atoms with Gasteiger partial charge in [-0.15, -0.1) is 11.3 Å². The Labute approximate surface area is 147 Å². The fourth-order valence-electron chi connectivity index (χ4n) is 2.25. The molecule has 0 radical (unpaired) electrons. The summed E-state index contributed by atoms with van der Waals surface area (Å²) in [5.41, 5.74) is 3.08. The van der Waals surface area contributed by atoms with E-state index in [-0.39, 0.29) is 5.91 Å². The summed E-state index contributed by atoms with van der Waals surface area (Å²) in [5, 5.41) is 9.30. The molecule has 0 atom stereocenters. The maximum Gasteiger partial charge on any atom is 0.257 e. The van der Waals surface area contributed by atoms with Crippen molar-refractivity contribution in [3.8, 4) is 16.9 Å². The summed E-state index contributed by atoms with van der Waals surface area (Å²) in [6.45, 7) is 0. The highest BCUT2D eigenvalue weighted by Crippen LogP contribution is 2.24. The van der Waals surface area contributed by atoms with E-state index in [1.807, 2.05) is 29.6 Å². The molecule has 3 aromatic heterocycles. The van der Waals surface area contributed by atoms with Gasteiger partial charge in [0.15, 0.2) is 5.13 Å². The van der Waals surface area contributed by atoms with Gasteiger partial charge in [0.1, 0.15) is 12.7 Å². The molecule has 1 aromatic carbocycles. The number of anilines is 1. The number of aromatic nitrogens is 5. The number of benzene rings is 1. The quantitative estimate of drug-likeness (QED) is 0.613. The van der Waals surface area contributed by atoms with Crippen molar-refractivity contribution < 1.29 is 4.79 Å². The molecule has 0 aliphatic carbocycles. The van der Waals surface area contributed by atoms with Crippen LogP contribution in [0.4, 0.5) is 5.13 Å². The number of carbonyl (C=O) groups excluding carboxylic acids is 1. The maximum absolute atomic E-state index is 12.4. The Morgan fingerprint density at radius 2 is 2.00 bits per heavy atom. The second kappa shape index (κ2) is 6.62. The van der Waals surface area contributed by atoms with Gasteiger partial charge in [0.25, 0.3) is 5.91 Å². The molecule has 0 aliphatic rings. The Morgan fingerprint density at radius 3 is 2.72 bits per heavy atom. The molecule has 1 N–H and O–H groups in total. The third-order valence-electron chi connectivity index (χ3n) is 3.49. The lowest BCUT2D eigenvalue weighted by molar-refractivity contribution is 0.102. The van der Waals surface area contributed by atoms with Gasteiger partial charge in [0.2, 0.25) is 0 Å². The van der Waals surface area contributed by atoms with E-state index in [1.165, 1.54) is 17.7 Å². The summed E-state index contributed by atoms with van der Waals surface area (Å²) in [6, 6.07) is 10.9. The molecule has 0 bridgehead atoms. The van der Waals surface area contributed by atoms with E-state index in [0.717, 1.165) is 16.9 Å². The molecular formula is C17H12N6OS. The number of carbonyl (C=O) groups is 1. The highest BCUT2D eigenvalue weighted by atomic mass is 32.1. The second-order valence-corrected chi connectivity index (χ2v) is 5.98. The van der Waals surface area contributed by atoms with E-state index in [9.17, 15) is 4.79 Å². The van der Waals surface area contributed by atoms with Crippen molar-refractivity contribution in [2.75, 3.05) is 5.32 Å². The van der Waals surface area contributed by atoms with Gasteiger partial charge in [-0.05, 0) is 36.4 Å². The van der Waals surface area contributed by atoms with Gasteiger partial charge in [0.05, 0.1) is 11.4 Å². The van der Waals surface area contributed by atoms with Crippen molar-refractivity contribution in [1.29, 1.82) is 0 Å². The number of hydrogen-bond acceptors (Lipinski definition) is 6. The molecule has 4 aromatic rings.